The van der Waals surface area contributed by atoms with Crippen LogP contribution in [0.25, 0.3) is 0 Å². The fourth-order valence-corrected chi connectivity index (χ4v) is 2.99. The van der Waals surface area contributed by atoms with E-state index in [2.05, 4.69) is 114 Å². The average Bonchev–Trinajstić information content (AvgIpc) is 3.27. The molecule has 0 aromatic carbocycles. The van der Waals surface area contributed by atoms with Gasteiger partial charge in [-0.1, -0.05) is 162 Å². The van der Waals surface area contributed by atoms with Crippen molar-refractivity contribution in [3.8, 4) is 0 Å². The monoisotopic (exact) mass is 1700 g/mol. The van der Waals surface area contributed by atoms with Crippen LogP contribution >= 0.6 is 328 Å². The number of rotatable bonds is 21. The van der Waals surface area contributed by atoms with Crippen molar-refractivity contribution in [2.24, 2.45) is 0 Å². The number of carbonyl (C=O) groups is 7. The number of hydrogen-bond donors (Lipinski definition) is 0. The molecule has 0 N–H and O–H groups in total. The minimum Gasteiger partial charge on any atom is -0.545 e. The Bertz CT molecular complexity index is 1300. The van der Waals surface area contributed by atoms with Gasteiger partial charge in [0.2, 0.25) is 31.2 Å². The summed E-state index contributed by atoms with van der Waals surface area (Å²) in [5.74, 6) is -12.9. The van der Waals surface area contributed by atoms with Gasteiger partial charge < -0.3 is 69.3 Å². The SMILES string of the molecule is O=C([O-])C(Cl)(Cl)N(Cl)OCl.O=C([O-])C(Cl)(Cl)N(Cl)OCl.O=C([O-])C(Cl)(Cl)N(Cl)OCl.O=C([O-])C(Cl)(Cl)N(Cl)OCl.O=C([O-])C(Cl)(Cl)N(Cl)OCl.O=C([O-])C(Cl)(Cl)N(Cl)OCl.O=C([O-])C(Cl)(Cl)N(Cl)OCl.[Al+3].[Zr+4]. The number of aliphatic carboxylic acids is 7. The van der Waals surface area contributed by atoms with Gasteiger partial charge in [-0.05, 0) is 32.1 Å². The maximum Gasteiger partial charge on any atom is 4.00 e. The number of alkyl halides is 14. The minimum atomic E-state index is -2.50. The van der Waals surface area contributed by atoms with E-state index < -0.39 is 73.0 Å². The van der Waals surface area contributed by atoms with Crippen molar-refractivity contribution < 1.29 is 126 Å². The van der Waals surface area contributed by atoms with E-state index in [9.17, 15) is 69.3 Å². The summed E-state index contributed by atoms with van der Waals surface area (Å²) >= 11 is 137. The van der Waals surface area contributed by atoms with E-state index in [1.165, 1.54) is 0 Å². The van der Waals surface area contributed by atoms with Crippen molar-refractivity contribution in [1.82, 2.24) is 32.1 Å². The molecule has 0 fully saturated rings. The molecular weight excluding hydrogens is 1710 g/mol. The van der Waals surface area contributed by atoms with Gasteiger partial charge in [0.05, 0.1) is 125 Å². The molecule has 0 aliphatic rings. The standard InChI is InChI=1S/7C2HCl4NO3.Al.Zr/c7*3-2(4,1(8)9)7(5)10-6;;/h7*(H,8,9);;/q;;;;;;;+3;+4/p-7. The molecule has 0 radical (unpaired) electrons. The Hall–Kier alpha value is 5.27. The van der Waals surface area contributed by atoms with Gasteiger partial charge in [-0.3, -0.25) is 0 Å². The fraction of sp³-hybridized carbons (Fsp3) is 0.500. The smallest absolute Gasteiger partial charge is 0.545 e. The molecule has 0 rings (SSSR count). The molecule has 0 aliphatic heterocycles. The zero-order chi connectivity index (χ0) is 58.5. The zero-order valence-corrected chi connectivity index (χ0v) is 55.1. The van der Waals surface area contributed by atoms with Crippen LogP contribution in [-0.2, 0) is 90.5 Å². The topological polar surface area (TPSA) is 368 Å². The first-order valence-electron chi connectivity index (χ1n) is 12.4. The van der Waals surface area contributed by atoms with E-state index in [0.29, 0.717) is 0 Å². The largest absolute Gasteiger partial charge is 4.00 e. The third kappa shape index (κ3) is 38.9. The van der Waals surface area contributed by atoms with Crippen molar-refractivity contribution in [1.29, 1.82) is 0 Å². The van der Waals surface area contributed by atoms with Crippen molar-refractivity contribution >= 4 is 387 Å². The van der Waals surface area contributed by atoms with Crippen LogP contribution in [0.2, 0.25) is 0 Å². The van der Waals surface area contributed by atoms with E-state index >= 15 is 0 Å². The van der Waals surface area contributed by atoms with Crippen LogP contribution < -0.4 is 35.7 Å². The molecule has 0 saturated heterocycles. The molecular formula is C14AlCl28N7O21Zr. The van der Waals surface area contributed by atoms with Crippen LogP contribution in [0.15, 0.2) is 0 Å². The first-order valence-corrected chi connectivity index (χ1v) is 22.2. The second-order valence-corrected chi connectivity index (χ2v) is 20.1. The number of hydroxylamine groups is 7. The summed E-state index contributed by atoms with van der Waals surface area (Å²) in [4.78, 5) is 69.9. The van der Waals surface area contributed by atoms with E-state index in [1.807, 2.05) is 0 Å². The van der Waals surface area contributed by atoms with Gasteiger partial charge in [0.25, 0.3) is 0 Å². The Kier molecular flexibility index (Phi) is 62.4. The third-order valence-electron chi connectivity index (χ3n) is 3.69. The predicted molar refractivity (Wildman–Crippen MR) is 244 cm³/mol. The van der Waals surface area contributed by atoms with Crippen molar-refractivity contribution in [3.63, 3.8) is 0 Å². The molecule has 0 amide bonds. The Labute approximate surface area is 569 Å². The van der Waals surface area contributed by atoms with Gasteiger partial charge in [0.1, 0.15) is 0 Å². The second kappa shape index (κ2) is 46.6. The summed E-state index contributed by atoms with van der Waals surface area (Å²) in [6.45, 7) is 0. The average molecular weight is 1710 g/mol. The Balaban J connectivity index is -0.0000000915. The van der Waals surface area contributed by atoms with Crippen LogP contribution in [0.5, 0.6) is 0 Å². The normalized spacial score (nSPS) is 11.8. The number of carboxylic acids is 7. The number of nitrogens with zero attached hydrogens (tertiary/aromatic N) is 7. The van der Waals surface area contributed by atoms with E-state index in [0.717, 1.165) is 0 Å². The van der Waals surface area contributed by atoms with E-state index in [-0.39, 0.29) is 75.6 Å². The van der Waals surface area contributed by atoms with Crippen LogP contribution in [0, 0.1) is 0 Å². The summed E-state index contributed by atoms with van der Waals surface area (Å²) in [5, 5.41) is 69.9. The van der Waals surface area contributed by atoms with Gasteiger partial charge >= 0.3 is 43.6 Å². The van der Waals surface area contributed by atoms with Crippen LogP contribution in [0.1, 0.15) is 0 Å². The van der Waals surface area contributed by atoms with Gasteiger partial charge in [-0.15, -0.1) is 0 Å². The second-order valence-electron chi connectivity index (χ2n) is 8.00. The molecule has 0 aromatic heterocycles. The summed E-state index contributed by atoms with van der Waals surface area (Å²) < 4.78 is 8.11. The van der Waals surface area contributed by atoms with Crippen LogP contribution in [-0.4, -0.2) is 122 Å². The molecule has 58 heteroatoms. The number of carbonyl (C=O) groups excluding carboxylic acids is 7. The van der Waals surface area contributed by atoms with Gasteiger partial charge in [-0.25, -0.2) is 0 Å². The Morgan fingerprint density at radius 2 is 0.306 bits per heavy atom. The zero-order valence-electron chi connectivity index (χ0n) is 30.4. The van der Waals surface area contributed by atoms with E-state index in [1.54, 1.807) is 0 Å². The molecule has 0 saturated carbocycles. The number of halogens is 28. The minimum absolute atomic E-state index is 0. The van der Waals surface area contributed by atoms with Crippen LogP contribution in [0.4, 0.5) is 0 Å². The van der Waals surface area contributed by atoms with Gasteiger partial charge in [0.15, 0.2) is 0 Å². The van der Waals surface area contributed by atoms with E-state index in [4.69, 9.17) is 245 Å². The quantitative estimate of drug-likeness (QED) is 0.0523. The molecule has 0 bridgehead atoms. The predicted octanol–water partition coefficient (Wildman–Crippen LogP) is 2.48. The van der Waals surface area contributed by atoms with Gasteiger partial charge in [-0.2, -0.15) is 30.7 Å². The Morgan fingerprint density at radius 3 is 0.319 bits per heavy atom. The summed E-state index contributed by atoms with van der Waals surface area (Å²) in [6.07, 6.45) is 0. The maximum absolute atomic E-state index is 9.98. The molecule has 0 atom stereocenters. The summed E-state index contributed by atoms with van der Waals surface area (Å²) in [5.41, 5.74) is 0. The number of hydrogen-bond acceptors (Lipinski definition) is 28. The first kappa shape index (κ1) is 96.4. The van der Waals surface area contributed by atoms with Crippen LogP contribution in [0.3, 0.4) is 0 Å². The summed E-state index contributed by atoms with van der Waals surface area (Å²) in [7, 11) is 0. The molecule has 72 heavy (non-hydrogen) atoms. The molecule has 0 aromatic rings. The molecule has 0 heterocycles. The molecule has 0 spiro atoms. The number of carboxylic acid groups (broad SMARTS) is 7. The Morgan fingerprint density at radius 1 is 0.250 bits per heavy atom. The van der Waals surface area contributed by atoms with Crippen molar-refractivity contribution in [3.05, 3.63) is 0 Å². The molecule has 420 valence electrons. The molecule has 0 aliphatic carbocycles. The molecule has 28 nitrogen and oxygen atoms in total. The third-order valence-corrected chi connectivity index (χ3v) is 12.9. The van der Waals surface area contributed by atoms with Crippen molar-refractivity contribution in [2.75, 3.05) is 0 Å². The maximum atomic E-state index is 9.98. The summed E-state index contributed by atoms with van der Waals surface area (Å²) in [6, 6.07) is 0. The first-order chi connectivity index (χ1) is 31.0. The molecule has 0 unspecified atom stereocenters. The fourth-order valence-electron chi connectivity index (χ4n) is 0.806. The van der Waals surface area contributed by atoms with Gasteiger partial charge in [0, 0.05) is 82.4 Å². The van der Waals surface area contributed by atoms with Crippen molar-refractivity contribution in [2.45, 2.75) is 31.2 Å².